The quantitative estimate of drug-likeness (QED) is 0.336. The zero-order valence-electron chi connectivity index (χ0n) is 10.8. The van der Waals surface area contributed by atoms with E-state index in [1.54, 1.807) is 27.7 Å². The second kappa shape index (κ2) is 7.76. The summed E-state index contributed by atoms with van der Waals surface area (Å²) in [5.41, 5.74) is 7.52. The number of ether oxygens (including phenoxy) is 2. The molecule has 0 aliphatic carbocycles. The number of rotatable bonds is 6. The number of amides is 1. The molecule has 0 rings (SSSR count). The molecule has 0 aromatic rings. The van der Waals surface area contributed by atoms with Gasteiger partial charge in [0.2, 0.25) is 0 Å². The second-order valence-corrected chi connectivity index (χ2v) is 4.58. The van der Waals surface area contributed by atoms with Crippen LogP contribution in [0.4, 0.5) is 4.79 Å². The summed E-state index contributed by atoms with van der Waals surface area (Å²) in [6, 6.07) is -0.157. The number of hydrogen-bond donors (Lipinski definition) is 1. The summed E-state index contributed by atoms with van der Waals surface area (Å²) in [6.07, 6.45) is -0.469. The minimum Gasteiger partial charge on any atom is -0.444 e. The molecule has 0 spiro atoms. The Morgan fingerprint density at radius 3 is 2.71 bits per heavy atom. The van der Waals surface area contributed by atoms with Gasteiger partial charge >= 0.3 is 6.09 Å². The number of nitrogens with one attached hydrogen (secondary N) is 1. The Kier molecular flexibility index (Phi) is 7.09. The van der Waals surface area contributed by atoms with Crippen molar-refractivity contribution < 1.29 is 14.3 Å². The third kappa shape index (κ3) is 10.8. The monoisotopic (exact) mass is 244 g/mol. The van der Waals surface area contributed by atoms with Gasteiger partial charge in [0.15, 0.2) is 0 Å². The molecule has 7 heteroatoms. The first-order valence-electron chi connectivity index (χ1n) is 5.43. The minimum atomic E-state index is -0.508. The van der Waals surface area contributed by atoms with Crippen molar-refractivity contribution in [2.24, 2.45) is 5.11 Å². The van der Waals surface area contributed by atoms with Gasteiger partial charge in [0.1, 0.15) is 5.60 Å². The highest BCUT2D eigenvalue weighted by Crippen LogP contribution is 2.06. The number of carbonyl (C=O) groups is 1. The first-order chi connectivity index (χ1) is 7.85. The van der Waals surface area contributed by atoms with Gasteiger partial charge in [-0.3, -0.25) is 0 Å². The largest absolute Gasteiger partial charge is 0.444 e. The lowest BCUT2D eigenvalue weighted by molar-refractivity contribution is 0.0458. The predicted octanol–water partition coefficient (Wildman–Crippen LogP) is 2.23. The summed E-state index contributed by atoms with van der Waals surface area (Å²) in [5.74, 6) is 0. The standard InChI is InChI=1S/C10H20N4O3/c1-8(7-16-6-5-12-14-11)13-9(15)17-10(2,3)4/h8H,5-7H2,1-4H3,(H,13,15). The van der Waals surface area contributed by atoms with Gasteiger partial charge < -0.3 is 14.8 Å². The van der Waals surface area contributed by atoms with Gasteiger partial charge in [-0.25, -0.2) is 4.79 Å². The van der Waals surface area contributed by atoms with E-state index in [9.17, 15) is 4.79 Å². The van der Waals surface area contributed by atoms with Gasteiger partial charge in [-0.1, -0.05) is 5.11 Å². The van der Waals surface area contributed by atoms with Crippen molar-refractivity contribution in [2.45, 2.75) is 39.3 Å². The summed E-state index contributed by atoms with van der Waals surface area (Å²) in [6.45, 7) is 8.17. The van der Waals surface area contributed by atoms with Crippen LogP contribution >= 0.6 is 0 Å². The Bertz CT molecular complexity index is 282. The van der Waals surface area contributed by atoms with Crippen LogP contribution in [0.25, 0.3) is 10.4 Å². The van der Waals surface area contributed by atoms with Gasteiger partial charge in [-0.2, -0.15) is 0 Å². The maximum atomic E-state index is 11.3. The number of nitrogens with zero attached hydrogens (tertiary/aromatic N) is 3. The van der Waals surface area contributed by atoms with Crippen LogP contribution in [0.5, 0.6) is 0 Å². The highest BCUT2D eigenvalue weighted by Gasteiger charge is 2.17. The molecular weight excluding hydrogens is 224 g/mol. The van der Waals surface area contributed by atoms with E-state index in [1.807, 2.05) is 0 Å². The van der Waals surface area contributed by atoms with Crippen molar-refractivity contribution in [3.8, 4) is 0 Å². The maximum Gasteiger partial charge on any atom is 0.407 e. The third-order valence-corrected chi connectivity index (χ3v) is 1.53. The van der Waals surface area contributed by atoms with Crippen LogP contribution in [0.2, 0.25) is 0 Å². The van der Waals surface area contributed by atoms with Crippen molar-refractivity contribution in [1.29, 1.82) is 0 Å². The first-order valence-corrected chi connectivity index (χ1v) is 5.43. The fourth-order valence-corrected chi connectivity index (χ4v) is 0.961. The van der Waals surface area contributed by atoms with Gasteiger partial charge in [0.05, 0.1) is 19.3 Å². The smallest absolute Gasteiger partial charge is 0.407 e. The average Bonchev–Trinajstić information content (AvgIpc) is 2.14. The summed E-state index contributed by atoms with van der Waals surface area (Å²) in [5, 5.41) is 5.96. The van der Waals surface area contributed by atoms with E-state index < -0.39 is 11.7 Å². The molecule has 17 heavy (non-hydrogen) atoms. The highest BCUT2D eigenvalue weighted by atomic mass is 16.6. The third-order valence-electron chi connectivity index (χ3n) is 1.53. The normalized spacial score (nSPS) is 12.5. The zero-order chi connectivity index (χ0) is 13.3. The van der Waals surface area contributed by atoms with E-state index in [0.29, 0.717) is 13.2 Å². The molecular formula is C10H20N4O3. The molecule has 0 aliphatic rings. The molecule has 0 radical (unpaired) electrons. The topological polar surface area (TPSA) is 96.3 Å². The SMILES string of the molecule is CC(COCCN=[N+]=[N-])NC(=O)OC(C)(C)C. The van der Waals surface area contributed by atoms with Crippen LogP contribution < -0.4 is 5.32 Å². The van der Waals surface area contributed by atoms with E-state index in [2.05, 4.69) is 15.3 Å². The molecule has 7 nitrogen and oxygen atoms in total. The molecule has 1 atom stereocenters. The van der Waals surface area contributed by atoms with Crippen molar-refractivity contribution >= 4 is 6.09 Å². The molecule has 0 fully saturated rings. The number of alkyl carbamates (subject to hydrolysis) is 1. The Morgan fingerprint density at radius 1 is 1.53 bits per heavy atom. The van der Waals surface area contributed by atoms with Crippen LogP contribution in [-0.2, 0) is 9.47 Å². The van der Waals surface area contributed by atoms with E-state index in [-0.39, 0.29) is 12.6 Å². The molecule has 98 valence electrons. The molecule has 1 amide bonds. The van der Waals surface area contributed by atoms with Gasteiger partial charge in [-0.15, -0.1) is 0 Å². The zero-order valence-corrected chi connectivity index (χ0v) is 10.8. The maximum absolute atomic E-state index is 11.3. The summed E-state index contributed by atoms with van der Waals surface area (Å²) < 4.78 is 10.3. The summed E-state index contributed by atoms with van der Waals surface area (Å²) in [4.78, 5) is 13.9. The lowest BCUT2D eigenvalue weighted by atomic mass is 10.2. The Labute approximate surface area is 101 Å². The molecule has 1 unspecified atom stereocenters. The van der Waals surface area contributed by atoms with Crippen LogP contribution in [0.15, 0.2) is 5.11 Å². The molecule has 0 aromatic heterocycles. The van der Waals surface area contributed by atoms with Crippen molar-refractivity contribution in [2.75, 3.05) is 19.8 Å². The van der Waals surface area contributed by atoms with Crippen LogP contribution in [0.3, 0.4) is 0 Å². The fraction of sp³-hybridized carbons (Fsp3) is 0.900. The summed E-state index contributed by atoms with van der Waals surface area (Å²) >= 11 is 0. The Balaban J connectivity index is 3.67. The molecule has 0 aliphatic heterocycles. The van der Waals surface area contributed by atoms with E-state index in [1.165, 1.54) is 0 Å². The first kappa shape index (κ1) is 15.5. The van der Waals surface area contributed by atoms with Crippen molar-refractivity contribution in [3.05, 3.63) is 10.4 Å². The van der Waals surface area contributed by atoms with E-state index in [4.69, 9.17) is 15.0 Å². The van der Waals surface area contributed by atoms with Gasteiger partial charge in [-0.05, 0) is 33.2 Å². The molecule has 0 aromatic carbocycles. The molecule has 0 saturated heterocycles. The van der Waals surface area contributed by atoms with Crippen molar-refractivity contribution in [3.63, 3.8) is 0 Å². The lowest BCUT2D eigenvalue weighted by Gasteiger charge is -2.21. The molecule has 1 N–H and O–H groups in total. The van der Waals surface area contributed by atoms with Gasteiger partial charge in [0.25, 0.3) is 0 Å². The van der Waals surface area contributed by atoms with Crippen LogP contribution in [0.1, 0.15) is 27.7 Å². The van der Waals surface area contributed by atoms with E-state index >= 15 is 0 Å². The average molecular weight is 244 g/mol. The molecule has 0 bridgehead atoms. The van der Waals surface area contributed by atoms with E-state index in [0.717, 1.165) is 0 Å². The number of carbonyl (C=O) groups excluding carboxylic acids is 1. The van der Waals surface area contributed by atoms with Crippen LogP contribution in [0, 0.1) is 0 Å². The van der Waals surface area contributed by atoms with Gasteiger partial charge in [0, 0.05) is 11.5 Å². The van der Waals surface area contributed by atoms with Crippen LogP contribution in [-0.4, -0.2) is 37.5 Å². The lowest BCUT2D eigenvalue weighted by Crippen LogP contribution is -2.39. The number of azide groups is 1. The number of hydrogen-bond acceptors (Lipinski definition) is 4. The minimum absolute atomic E-state index is 0.157. The Morgan fingerprint density at radius 2 is 2.18 bits per heavy atom. The molecule has 0 heterocycles. The highest BCUT2D eigenvalue weighted by molar-refractivity contribution is 5.68. The second-order valence-electron chi connectivity index (χ2n) is 4.58. The predicted molar refractivity (Wildman–Crippen MR) is 63.7 cm³/mol. The molecule has 0 saturated carbocycles. The van der Waals surface area contributed by atoms with Crippen molar-refractivity contribution in [1.82, 2.24) is 5.32 Å². The Hall–Kier alpha value is -1.46. The summed E-state index contributed by atoms with van der Waals surface area (Å²) in [7, 11) is 0. The fourth-order valence-electron chi connectivity index (χ4n) is 0.961.